The van der Waals surface area contributed by atoms with E-state index in [1.54, 1.807) is 37.3 Å². The summed E-state index contributed by atoms with van der Waals surface area (Å²) < 4.78 is 172. The highest BCUT2D eigenvalue weighted by molar-refractivity contribution is 7.86. The van der Waals surface area contributed by atoms with E-state index >= 15 is 0 Å². The molecule has 2 aliphatic heterocycles. The Bertz CT molecular complexity index is 2790. The first-order valence-electron chi connectivity index (χ1n) is 19.8. The van der Waals surface area contributed by atoms with Gasteiger partial charge in [-0.25, -0.2) is 13.4 Å². The van der Waals surface area contributed by atoms with Crippen LogP contribution in [0.25, 0.3) is 17.4 Å². The summed E-state index contributed by atoms with van der Waals surface area (Å²) >= 11 is 0. The molecule has 0 saturated heterocycles. The van der Waals surface area contributed by atoms with Crippen molar-refractivity contribution < 1.29 is 75.2 Å². The number of ether oxygens (including phenoxy) is 2. The lowest BCUT2D eigenvalue weighted by molar-refractivity contribution is -0.135. The minimum atomic E-state index is -4.69. The monoisotopic (exact) mass is 959 g/mol. The number of allylic oxidation sites excluding steroid dienone is 3. The zero-order valence-electron chi connectivity index (χ0n) is 34.7. The van der Waals surface area contributed by atoms with E-state index in [1.165, 1.54) is 31.6 Å². The highest BCUT2D eigenvalue weighted by Crippen LogP contribution is 2.51. The van der Waals surface area contributed by atoms with E-state index in [-0.39, 0.29) is 44.7 Å². The number of halogens is 4. The number of benzene rings is 3. The normalized spacial score (nSPS) is 16.8. The van der Waals surface area contributed by atoms with Gasteiger partial charge in [0.15, 0.2) is 18.2 Å². The fourth-order valence-corrected chi connectivity index (χ4v) is 9.05. The van der Waals surface area contributed by atoms with Crippen LogP contribution in [-0.4, -0.2) is 89.7 Å². The van der Waals surface area contributed by atoms with Crippen molar-refractivity contribution in [3.63, 3.8) is 0 Å². The average Bonchev–Trinajstić information content (AvgIpc) is 3.44. The molecule has 1 unspecified atom stereocenters. The summed E-state index contributed by atoms with van der Waals surface area (Å²) in [6.07, 6.45) is 7.36. The van der Waals surface area contributed by atoms with Crippen LogP contribution < -0.4 is 19.6 Å². The van der Waals surface area contributed by atoms with Gasteiger partial charge in [-0.15, -0.1) is 0 Å². The molecule has 0 saturated carbocycles. The molecule has 22 heteroatoms. The molecule has 0 spiro atoms. The molecule has 1 atom stereocenters. The number of carbonyl (C=O) groups excluding carboxylic acids is 1. The van der Waals surface area contributed by atoms with E-state index in [1.807, 2.05) is 21.6 Å². The van der Waals surface area contributed by atoms with Crippen molar-refractivity contribution >= 4 is 48.1 Å². The van der Waals surface area contributed by atoms with Gasteiger partial charge in [-0.2, -0.15) is 34.0 Å². The van der Waals surface area contributed by atoms with Crippen molar-refractivity contribution in [2.45, 2.75) is 62.2 Å². The summed E-state index contributed by atoms with van der Waals surface area (Å²) in [5.74, 6) is -10.4. The predicted molar refractivity (Wildman–Crippen MR) is 227 cm³/mol. The van der Waals surface area contributed by atoms with Gasteiger partial charge in [0.2, 0.25) is 22.7 Å². The second kappa shape index (κ2) is 20.9. The highest BCUT2D eigenvalue weighted by Gasteiger charge is 2.43. The van der Waals surface area contributed by atoms with Crippen LogP contribution in [0.15, 0.2) is 82.0 Å². The molecule has 3 aliphatic rings. The molecular weight excluding hydrogens is 913 g/mol. The molecule has 3 N–H and O–H groups in total. The van der Waals surface area contributed by atoms with Crippen LogP contribution in [0.4, 0.5) is 23.2 Å². The second-order valence-corrected chi connectivity index (χ2v) is 19.8. The van der Waals surface area contributed by atoms with Gasteiger partial charge in [0.25, 0.3) is 30.4 Å². The summed E-state index contributed by atoms with van der Waals surface area (Å²) in [5.41, 5.74) is 1.82. The molecule has 1 aliphatic carbocycles. The lowest BCUT2D eigenvalue weighted by Crippen LogP contribution is -2.34. The third kappa shape index (κ3) is 12.9. The minimum absolute atomic E-state index is 0.0149. The lowest BCUT2D eigenvalue weighted by atomic mass is 9.77. The van der Waals surface area contributed by atoms with Gasteiger partial charge < -0.3 is 18.8 Å². The zero-order valence-corrected chi connectivity index (χ0v) is 37.1. The number of rotatable bonds is 21. The van der Waals surface area contributed by atoms with E-state index in [4.69, 9.17) is 9.15 Å². The Morgan fingerprint density at radius 2 is 1.53 bits per heavy atom. The number of hydrogen-bond donors (Lipinski definition) is 3. The molecule has 64 heavy (non-hydrogen) atoms. The molecule has 0 bridgehead atoms. The van der Waals surface area contributed by atoms with E-state index in [9.17, 15) is 61.3 Å². The fourth-order valence-electron chi connectivity index (χ4n) is 7.54. The Morgan fingerprint density at radius 1 is 0.844 bits per heavy atom. The molecule has 0 aromatic heterocycles. The van der Waals surface area contributed by atoms with Crippen molar-refractivity contribution in [1.82, 2.24) is 4.58 Å². The van der Waals surface area contributed by atoms with Crippen molar-refractivity contribution in [1.29, 1.82) is 0 Å². The smallest absolute Gasteiger partial charge is 0.311 e. The van der Waals surface area contributed by atoms with Crippen molar-refractivity contribution in [2.24, 2.45) is 0 Å². The first-order chi connectivity index (χ1) is 30.0. The van der Waals surface area contributed by atoms with Crippen molar-refractivity contribution in [3.8, 4) is 17.1 Å². The van der Waals surface area contributed by atoms with Crippen LogP contribution >= 0.6 is 0 Å². The van der Waals surface area contributed by atoms with Gasteiger partial charge in [-0.05, 0) is 80.1 Å². The number of carbonyl (C=O) groups is 1. The third-order valence-corrected chi connectivity index (χ3v) is 13.1. The molecule has 15 nitrogen and oxygen atoms in total. The molecule has 0 radical (unpaired) electrons. The van der Waals surface area contributed by atoms with Crippen LogP contribution in [0.1, 0.15) is 63.0 Å². The number of nitrogens with zero attached hydrogens (tertiary/aromatic N) is 2. The Kier molecular flexibility index (Phi) is 16.3. The highest BCUT2D eigenvalue weighted by atomic mass is 32.2. The summed E-state index contributed by atoms with van der Waals surface area (Å²) in [4.78, 5) is 13.9. The minimum Gasteiger partial charge on any atom is -0.464 e. The standard InChI is InChI=1S/C42H46F4N2O13S3/c1-42(17-7-23-62(50,51)52)32-26-30(64(56,57)58)13-15-35(32)48(19-5-3-4-11-38(49)61-41-39(45)33(43)27-34(44)40(41)46)37(42)10-6-9-28-16-21-60-36-25-29(12-14-31(28)36)47(20-22-59-2)18-8-24-63(53,54)55/h6,9-10,12-16,21,25-27H,3-5,7-8,11,17-20,22-24H2,1-2H3,(H2-,50,51,52,53,54,55,56,57,58)/p+1. The Balaban J connectivity index is 1.46. The largest absolute Gasteiger partial charge is 0.464 e. The third-order valence-electron chi connectivity index (χ3n) is 10.6. The van der Waals surface area contributed by atoms with Crippen LogP contribution in [0, 0.1) is 23.3 Å². The predicted octanol–water partition coefficient (Wildman–Crippen LogP) is 6.39. The van der Waals surface area contributed by atoms with Crippen LogP contribution in [0.2, 0.25) is 0 Å². The van der Waals surface area contributed by atoms with Crippen molar-refractivity contribution in [2.75, 3.05) is 49.8 Å². The Morgan fingerprint density at radius 3 is 2.19 bits per heavy atom. The molecule has 0 fully saturated rings. The summed E-state index contributed by atoms with van der Waals surface area (Å²) in [6.45, 7) is 3.05. The number of fused-ring (bicyclic) bond motifs is 2. The maximum atomic E-state index is 14.1. The van der Waals surface area contributed by atoms with E-state index in [0.29, 0.717) is 71.7 Å². The molecule has 2 aromatic carbocycles. The SMILES string of the molecule is COCC[N+](CCCS(=O)(=O)O)=c1ccc2c(/C=C/C=C3/N(CCCCCC(=O)Oc4c(F)c(F)cc(F)c4F)c4ccc(S(=O)(=O)O)cc4C3(C)CCCS(=O)(=O)O)ccoc-2c1. The molecule has 348 valence electrons. The quantitative estimate of drug-likeness (QED) is 0.0157. The van der Waals surface area contributed by atoms with Gasteiger partial charge in [-0.1, -0.05) is 18.6 Å². The van der Waals surface area contributed by atoms with Gasteiger partial charge in [0, 0.05) is 61.0 Å². The van der Waals surface area contributed by atoms with Gasteiger partial charge in [0.05, 0.1) is 28.7 Å². The summed E-state index contributed by atoms with van der Waals surface area (Å²) in [6, 6.07) is 11.1. The lowest BCUT2D eigenvalue weighted by Gasteiger charge is -2.30. The number of esters is 1. The van der Waals surface area contributed by atoms with Crippen LogP contribution in [0.5, 0.6) is 5.75 Å². The summed E-state index contributed by atoms with van der Waals surface area (Å²) in [7, 11) is -11.7. The first kappa shape index (κ1) is 50.0. The van der Waals surface area contributed by atoms with Crippen molar-refractivity contribution in [3.05, 3.63) is 112 Å². The van der Waals surface area contributed by atoms with Crippen LogP contribution in [-0.2, 0) is 45.3 Å². The molecule has 2 aromatic rings. The number of methoxy groups -OCH3 is 1. The number of unbranched alkanes of at least 4 members (excludes halogenated alkanes) is 2. The first-order valence-corrected chi connectivity index (χ1v) is 24.5. The van der Waals surface area contributed by atoms with Crippen LogP contribution in [0.3, 0.4) is 0 Å². The summed E-state index contributed by atoms with van der Waals surface area (Å²) in [5, 5.41) is 0.706. The Labute approximate surface area is 367 Å². The van der Waals surface area contributed by atoms with Gasteiger partial charge in [0.1, 0.15) is 18.9 Å². The number of hydrogen-bond acceptors (Lipinski definition) is 11. The second-order valence-electron chi connectivity index (χ2n) is 15.2. The topological polar surface area (TPSA) is 218 Å². The van der Waals surface area contributed by atoms with Gasteiger partial charge >= 0.3 is 5.97 Å². The fraction of sp³-hybridized carbons (Fsp3) is 0.381. The molecule has 2 heterocycles. The maximum absolute atomic E-state index is 14.1. The Hall–Kier alpha value is -4.97. The zero-order chi connectivity index (χ0) is 47.0. The van der Waals surface area contributed by atoms with E-state index < -0.39 is 87.2 Å². The van der Waals surface area contributed by atoms with E-state index in [0.717, 1.165) is 0 Å². The van der Waals surface area contributed by atoms with Gasteiger partial charge in [-0.3, -0.25) is 18.5 Å². The number of anilines is 1. The maximum Gasteiger partial charge on any atom is 0.311 e. The average molecular weight is 960 g/mol. The molecule has 5 rings (SSSR count). The molecular formula is C42H47F4N2O13S3+. The van der Waals surface area contributed by atoms with E-state index in [2.05, 4.69) is 4.74 Å². The molecule has 0 amide bonds.